The van der Waals surface area contributed by atoms with E-state index < -0.39 is 0 Å². The van der Waals surface area contributed by atoms with Crippen LogP contribution in [0.4, 0.5) is 0 Å². The van der Waals surface area contributed by atoms with E-state index in [0.29, 0.717) is 34.7 Å². The van der Waals surface area contributed by atoms with E-state index in [2.05, 4.69) is 358 Å². The van der Waals surface area contributed by atoms with Gasteiger partial charge in [0, 0.05) is 123 Å². The van der Waals surface area contributed by atoms with Gasteiger partial charge in [-0.3, -0.25) is 15.0 Å². The van der Waals surface area contributed by atoms with Crippen LogP contribution in [0, 0.1) is 0 Å². The van der Waals surface area contributed by atoms with Crippen molar-refractivity contribution in [2.45, 2.75) is 0 Å². The van der Waals surface area contributed by atoms with Crippen molar-refractivity contribution in [1.29, 1.82) is 0 Å². The molecule has 24 aromatic rings. The van der Waals surface area contributed by atoms with Gasteiger partial charge in [0.25, 0.3) is 0 Å². The number of nitrogens with zero attached hydrogens (tertiary/aromatic N) is 13. The first-order valence-corrected chi connectivity index (χ1v) is 41.5. The summed E-state index contributed by atoms with van der Waals surface area (Å²) in [6.45, 7) is 0. The second-order valence-corrected chi connectivity index (χ2v) is 31.3. The molecule has 10 heterocycles. The summed E-state index contributed by atoms with van der Waals surface area (Å²) in [7, 11) is 0. The number of fused-ring (bicyclic) bond motifs is 12. The van der Waals surface area contributed by atoms with Crippen LogP contribution in [0.3, 0.4) is 0 Å². The monoisotopic (exact) mass is 1580 g/mol. The van der Waals surface area contributed by atoms with Crippen molar-refractivity contribution < 1.29 is 0 Å². The van der Waals surface area contributed by atoms with E-state index in [0.717, 1.165) is 200 Å². The molecule has 0 aliphatic carbocycles. The lowest BCUT2D eigenvalue weighted by molar-refractivity contribution is 1.04. The van der Waals surface area contributed by atoms with Crippen LogP contribution in [-0.4, -0.2) is 63.1 Å². The average Bonchev–Trinajstić information content (AvgIpc) is 1.57. The highest BCUT2D eigenvalue weighted by Gasteiger charge is 2.26. The van der Waals surface area contributed by atoms with E-state index >= 15 is 0 Å². The summed E-state index contributed by atoms with van der Waals surface area (Å²) < 4.78 is 9.51. The Balaban J connectivity index is 0.712. The van der Waals surface area contributed by atoms with Gasteiger partial charge in [0.2, 0.25) is 0 Å². The quantitative estimate of drug-likeness (QED) is 0.0983. The van der Waals surface area contributed by atoms with Crippen LogP contribution < -0.4 is 0 Å². The fraction of sp³-hybridized carbons (Fsp3) is 0. The Bertz CT molecular complexity index is 7990. The molecule has 578 valence electrons. The first kappa shape index (κ1) is 71.1. The van der Waals surface area contributed by atoms with Crippen molar-refractivity contribution in [2.75, 3.05) is 0 Å². The Morgan fingerprint density at radius 2 is 0.419 bits per heavy atom. The Labute approximate surface area is 711 Å². The molecule has 0 spiro atoms. The maximum Gasteiger partial charge on any atom is 0.182 e. The minimum atomic E-state index is 0.375. The summed E-state index contributed by atoms with van der Waals surface area (Å²) in [6.07, 6.45) is 5.57. The number of para-hydroxylation sites is 7. The third-order valence-corrected chi connectivity index (χ3v) is 23.9. The Hall–Kier alpha value is -17.0. The van der Waals surface area contributed by atoms with Gasteiger partial charge in [-0.05, 0) is 168 Å². The van der Waals surface area contributed by atoms with Gasteiger partial charge in [-0.15, -0.1) is 0 Å². The molecule has 24 rings (SSSR count). The van der Waals surface area contributed by atoms with E-state index in [1.54, 1.807) is 0 Å². The third-order valence-electron chi connectivity index (χ3n) is 23.9. The zero-order valence-electron chi connectivity index (χ0n) is 66.7. The number of pyridine rings is 4. The second kappa shape index (κ2) is 29.5. The third kappa shape index (κ3) is 12.4. The normalized spacial score (nSPS) is 11.7. The summed E-state index contributed by atoms with van der Waals surface area (Å²) in [4.78, 5) is 48.6. The van der Waals surface area contributed by atoms with Crippen LogP contribution in [0.5, 0.6) is 0 Å². The van der Waals surface area contributed by atoms with Crippen LogP contribution >= 0.6 is 0 Å². The van der Waals surface area contributed by atoms with Gasteiger partial charge in [-0.2, -0.15) is 0 Å². The van der Waals surface area contributed by atoms with Gasteiger partial charge in [0.05, 0.1) is 72.6 Å². The predicted octanol–water partition coefficient (Wildman–Crippen LogP) is 27.0. The molecular formula is C111H69N13. The smallest absolute Gasteiger partial charge is 0.182 e. The molecule has 0 unspecified atom stereocenters. The fourth-order valence-corrected chi connectivity index (χ4v) is 18.3. The fourth-order valence-electron chi connectivity index (χ4n) is 18.3. The molecule has 0 amide bonds. The SMILES string of the molecule is c1ccc(-c2ccnc(-c3nc(-c4cc(-n5c6ccccc6c6ccccc65)cc(-n5c6ccccc6c6ccccc65)c4)nc(-c4cc(-c5ccccc5)cc(-c5ccc6c(c5)c5ccccc5n6-c5cc(-c6nc(-c7ccnc(-c8ccccc8)c7)cc(-c7ccnc(-c8ccccc8)c7)n6)cc(-n6c7ccccc7c7ccccc76)c5)n4)n3)c2)cc1. The van der Waals surface area contributed by atoms with E-state index in [9.17, 15) is 0 Å². The number of aromatic nitrogens is 13. The first-order valence-electron chi connectivity index (χ1n) is 41.5. The van der Waals surface area contributed by atoms with Gasteiger partial charge < -0.3 is 18.3 Å². The molecular weight excluding hydrogens is 1520 g/mol. The van der Waals surface area contributed by atoms with Crippen molar-refractivity contribution in [1.82, 2.24) is 63.1 Å². The lowest BCUT2D eigenvalue weighted by Gasteiger charge is -2.16. The van der Waals surface area contributed by atoms with Gasteiger partial charge >= 0.3 is 0 Å². The Morgan fingerprint density at radius 3 is 0.831 bits per heavy atom. The topological polar surface area (TPSA) is 136 Å². The average molecular weight is 1580 g/mol. The minimum absolute atomic E-state index is 0.375. The minimum Gasteiger partial charge on any atom is -0.309 e. The van der Waals surface area contributed by atoms with Crippen LogP contribution in [0.1, 0.15) is 0 Å². The zero-order chi connectivity index (χ0) is 81.7. The highest BCUT2D eigenvalue weighted by molar-refractivity contribution is 6.14. The summed E-state index contributed by atoms with van der Waals surface area (Å²) in [5, 5.41) is 8.99. The maximum absolute atomic E-state index is 5.76. The summed E-state index contributed by atoms with van der Waals surface area (Å²) in [5.41, 5.74) is 27.4. The summed E-state index contributed by atoms with van der Waals surface area (Å²) in [5.74, 6) is 1.76. The van der Waals surface area contributed by atoms with Gasteiger partial charge in [-0.1, -0.05) is 255 Å². The number of benzene rings is 14. The molecule has 0 saturated carbocycles. The van der Waals surface area contributed by atoms with Crippen LogP contribution in [0.15, 0.2) is 419 Å². The summed E-state index contributed by atoms with van der Waals surface area (Å²) >= 11 is 0. The van der Waals surface area contributed by atoms with Crippen LogP contribution in [0.2, 0.25) is 0 Å². The molecule has 0 radical (unpaired) electrons. The van der Waals surface area contributed by atoms with E-state index in [1.807, 2.05) is 79.3 Å². The molecule has 0 fully saturated rings. The van der Waals surface area contributed by atoms with Crippen molar-refractivity contribution in [3.05, 3.63) is 419 Å². The lowest BCUT2D eigenvalue weighted by atomic mass is 10.0. The van der Waals surface area contributed by atoms with E-state index in [1.165, 1.54) is 0 Å². The molecule has 0 bridgehead atoms. The molecule has 13 heteroatoms. The van der Waals surface area contributed by atoms with Crippen molar-refractivity contribution in [3.63, 3.8) is 0 Å². The van der Waals surface area contributed by atoms with Gasteiger partial charge in [0.1, 0.15) is 11.4 Å². The Morgan fingerprint density at radius 1 is 0.137 bits per heavy atom. The highest BCUT2D eigenvalue weighted by Crippen LogP contribution is 2.44. The molecule has 0 aliphatic rings. The number of hydrogen-bond acceptors (Lipinski definition) is 9. The molecule has 10 aromatic heterocycles. The van der Waals surface area contributed by atoms with Crippen molar-refractivity contribution >= 4 is 87.2 Å². The van der Waals surface area contributed by atoms with E-state index in [-0.39, 0.29) is 0 Å². The van der Waals surface area contributed by atoms with Gasteiger partial charge in [-0.25, -0.2) is 29.9 Å². The standard InChI is InChI=1S/C111H69N13/c1-5-27-70(28-6-1)74-51-54-114-98(62-74)110-118-109(80-59-82(122-102-44-22-15-37-87(102)88-38-16-23-45-103(88)122)67-83(60-80)123-104-46-24-17-39-89(104)90-40-18-25-47-105(90)123)119-111(120-110)99-66-78(71-29-7-2-8-30-71)65-95(115-99)75-49-50-107-92(61-75)91-41-19-26-48-106(91)124(107)84-58-79(57-81(68-84)121-100-42-20-13-35-85(100)86-36-14-21-43-101(86)121)108-116-96(76-52-55-112-93(63-76)72-31-9-3-10-32-72)69-97(117-108)77-53-56-113-94(64-77)73-33-11-4-12-34-73/h1-69H. The highest BCUT2D eigenvalue weighted by atomic mass is 15.1. The van der Waals surface area contributed by atoms with Crippen molar-refractivity contribution in [3.8, 4) is 147 Å². The maximum atomic E-state index is 5.76. The molecule has 0 N–H and O–H groups in total. The predicted molar refractivity (Wildman–Crippen MR) is 504 cm³/mol. The Kier molecular flexibility index (Phi) is 16.9. The molecule has 14 aromatic carbocycles. The zero-order valence-corrected chi connectivity index (χ0v) is 66.7. The number of rotatable bonds is 15. The molecule has 124 heavy (non-hydrogen) atoms. The first-order chi connectivity index (χ1) is 61.4. The molecule has 0 saturated heterocycles. The lowest BCUT2D eigenvalue weighted by Crippen LogP contribution is -2.05. The molecule has 13 nitrogen and oxygen atoms in total. The van der Waals surface area contributed by atoms with Crippen LogP contribution in [0.25, 0.3) is 234 Å². The van der Waals surface area contributed by atoms with Gasteiger partial charge in [0.15, 0.2) is 23.3 Å². The summed E-state index contributed by atoms with van der Waals surface area (Å²) in [6, 6.07) is 141. The van der Waals surface area contributed by atoms with E-state index in [4.69, 9.17) is 44.9 Å². The van der Waals surface area contributed by atoms with Crippen molar-refractivity contribution in [2.24, 2.45) is 0 Å². The molecule has 0 atom stereocenters. The second-order valence-electron chi connectivity index (χ2n) is 31.3. The number of hydrogen-bond donors (Lipinski definition) is 0. The molecule has 0 aliphatic heterocycles. The largest absolute Gasteiger partial charge is 0.309 e. The van der Waals surface area contributed by atoms with Crippen LogP contribution in [-0.2, 0) is 0 Å².